The highest BCUT2D eigenvalue weighted by Gasteiger charge is 2.39. The van der Waals surface area contributed by atoms with Crippen molar-refractivity contribution in [3.63, 3.8) is 0 Å². The van der Waals surface area contributed by atoms with Crippen molar-refractivity contribution < 1.29 is 0 Å². The van der Waals surface area contributed by atoms with Crippen LogP contribution < -0.4 is 0 Å². The molecule has 0 aromatic heterocycles. The Morgan fingerprint density at radius 2 is 2.20 bits per heavy atom. The predicted molar refractivity (Wildman–Crippen MR) is 43.9 cm³/mol. The molecule has 0 aromatic rings. The molecule has 2 unspecified atom stereocenters. The van der Waals surface area contributed by atoms with E-state index in [1.165, 1.54) is 12.8 Å². The normalized spacial score (nSPS) is 45.9. The molecule has 0 heterocycles. The summed E-state index contributed by atoms with van der Waals surface area (Å²) >= 11 is 0. The molecule has 10 heavy (non-hydrogen) atoms. The van der Waals surface area contributed by atoms with E-state index in [1.807, 2.05) is 0 Å². The minimum Gasteiger partial charge on any atom is -0.0649 e. The fourth-order valence-electron chi connectivity index (χ4n) is 3.06. The maximum absolute atomic E-state index is 2.38. The first kappa shape index (κ1) is 6.69. The van der Waals surface area contributed by atoms with Crippen LogP contribution in [-0.2, 0) is 0 Å². The highest BCUT2D eigenvalue weighted by molar-refractivity contribution is 4.91. The lowest BCUT2D eigenvalue weighted by atomic mass is 9.74. The Hall–Kier alpha value is 0. The van der Waals surface area contributed by atoms with Crippen molar-refractivity contribution in [3.8, 4) is 0 Å². The van der Waals surface area contributed by atoms with E-state index < -0.39 is 0 Å². The van der Waals surface area contributed by atoms with E-state index in [0.717, 1.165) is 11.3 Å². The van der Waals surface area contributed by atoms with Crippen molar-refractivity contribution in [3.05, 3.63) is 0 Å². The van der Waals surface area contributed by atoms with Gasteiger partial charge in [0.05, 0.1) is 0 Å². The lowest BCUT2D eigenvalue weighted by molar-refractivity contribution is 0.203. The number of hydrogen-bond donors (Lipinski definition) is 0. The molecule has 2 rings (SSSR count). The molecule has 0 radical (unpaired) electrons. The zero-order valence-electron chi connectivity index (χ0n) is 7.03. The van der Waals surface area contributed by atoms with E-state index in [-0.39, 0.29) is 0 Å². The van der Waals surface area contributed by atoms with Crippen LogP contribution in [0.2, 0.25) is 0 Å². The number of hydrogen-bond acceptors (Lipinski definition) is 0. The van der Waals surface area contributed by atoms with Crippen LogP contribution in [0.5, 0.6) is 0 Å². The molecular formula is C10H18. The van der Waals surface area contributed by atoms with E-state index >= 15 is 0 Å². The van der Waals surface area contributed by atoms with Gasteiger partial charge in [-0.05, 0) is 37.0 Å². The molecule has 0 aromatic carbocycles. The van der Waals surface area contributed by atoms with E-state index in [0.29, 0.717) is 0 Å². The Bertz CT molecular complexity index is 124. The number of rotatable bonds is 1. The van der Waals surface area contributed by atoms with Gasteiger partial charge in [0.25, 0.3) is 0 Å². The van der Waals surface area contributed by atoms with E-state index in [4.69, 9.17) is 0 Å². The van der Waals surface area contributed by atoms with Gasteiger partial charge in [0.15, 0.2) is 0 Å². The fraction of sp³-hybridized carbons (Fsp3) is 1.00. The molecule has 0 heteroatoms. The van der Waals surface area contributed by atoms with Gasteiger partial charge in [0, 0.05) is 0 Å². The standard InChI is InChI=1S/C10H18/c1-2-10-6-3-4-9(8-10)5-7-10/h9H,2-8H2,1H3. The average Bonchev–Trinajstić information content (AvgIpc) is 2.29. The van der Waals surface area contributed by atoms with Gasteiger partial charge in [-0.15, -0.1) is 0 Å². The summed E-state index contributed by atoms with van der Waals surface area (Å²) in [4.78, 5) is 0. The molecule has 2 fully saturated rings. The van der Waals surface area contributed by atoms with Crippen molar-refractivity contribution >= 4 is 0 Å². The lowest BCUT2D eigenvalue weighted by Crippen LogP contribution is -2.19. The third-order valence-corrected chi connectivity index (χ3v) is 3.87. The topological polar surface area (TPSA) is 0 Å². The highest BCUT2D eigenvalue weighted by atomic mass is 14.4. The maximum atomic E-state index is 2.38. The second kappa shape index (κ2) is 2.25. The molecule has 0 nitrogen and oxygen atoms in total. The van der Waals surface area contributed by atoms with Gasteiger partial charge < -0.3 is 0 Å². The quantitative estimate of drug-likeness (QED) is 0.521. The fourth-order valence-corrected chi connectivity index (χ4v) is 3.06. The molecule has 0 spiro atoms. The molecular weight excluding hydrogens is 120 g/mol. The highest BCUT2D eigenvalue weighted by Crippen LogP contribution is 2.53. The molecule has 0 N–H and O–H groups in total. The Morgan fingerprint density at radius 3 is 2.90 bits per heavy atom. The van der Waals surface area contributed by atoms with Crippen LogP contribution in [0.15, 0.2) is 0 Å². The van der Waals surface area contributed by atoms with Crippen molar-refractivity contribution in [1.29, 1.82) is 0 Å². The Balaban J connectivity index is 2.10. The molecule has 2 atom stereocenters. The van der Waals surface area contributed by atoms with Crippen LogP contribution in [0.4, 0.5) is 0 Å². The summed E-state index contributed by atoms with van der Waals surface area (Å²) in [7, 11) is 0. The minimum atomic E-state index is 0.836. The molecule has 2 aliphatic carbocycles. The Labute approximate surface area is 64.0 Å². The van der Waals surface area contributed by atoms with Crippen molar-refractivity contribution in [1.82, 2.24) is 0 Å². The van der Waals surface area contributed by atoms with Gasteiger partial charge in [-0.25, -0.2) is 0 Å². The summed E-state index contributed by atoms with van der Waals surface area (Å²) in [5.74, 6) is 1.13. The smallest absolute Gasteiger partial charge is 0.0297 e. The third kappa shape index (κ3) is 0.889. The van der Waals surface area contributed by atoms with Crippen LogP contribution in [0, 0.1) is 11.3 Å². The van der Waals surface area contributed by atoms with Gasteiger partial charge in [0.2, 0.25) is 0 Å². The SMILES string of the molecule is CCC12CCCC(CC1)C2. The molecule has 0 aliphatic heterocycles. The van der Waals surface area contributed by atoms with Gasteiger partial charge in [0.1, 0.15) is 0 Å². The van der Waals surface area contributed by atoms with Crippen LogP contribution in [0.1, 0.15) is 51.9 Å². The van der Waals surface area contributed by atoms with Crippen molar-refractivity contribution in [2.45, 2.75) is 51.9 Å². The first-order valence-electron chi connectivity index (χ1n) is 4.85. The van der Waals surface area contributed by atoms with Crippen molar-refractivity contribution in [2.75, 3.05) is 0 Å². The van der Waals surface area contributed by atoms with Gasteiger partial charge in [-0.1, -0.05) is 26.2 Å². The largest absolute Gasteiger partial charge is 0.0649 e. The summed E-state index contributed by atoms with van der Waals surface area (Å²) in [6, 6.07) is 0. The van der Waals surface area contributed by atoms with Crippen molar-refractivity contribution in [2.24, 2.45) is 11.3 Å². The van der Waals surface area contributed by atoms with Crippen LogP contribution in [0.25, 0.3) is 0 Å². The van der Waals surface area contributed by atoms with Gasteiger partial charge >= 0.3 is 0 Å². The monoisotopic (exact) mass is 138 g/mol. The van der Waals surface area contributed by atoms with Gasteiger partial charge in [-0.2, -0.15) is 0 Å². The van der Waals surface area contributed by atoms with Crippen LogP contribution in [0.3, 0.4) is 0 Å². The summed E-state index contributed by atoms with van der Waals surface area (Å²) in [6.45, 7) is 2.38. The predicted octanol–water partition coefficient (Wildman–Crippen LogP) is 3.37. The average molecular weight is 138 g/mol. The number of fused-ring (bicyclic) bond motifs is 2. The molecule has 58 valence electrons. The van der Waals surface area contributed by atoms with Gasteiger partial charge in [-0.3, -0.25) is 0 Å². The second-order valence-electron chi connectivity index (χ2n) is 4.35. The van der Waals surface area contributed by atoms with E-state index in [9.17, 15) is 0 Å². The molecule has 2 saturated carbocycles. The van der Waals surface area contributed by atoms with E-state index in [1.54, 1.807) is 32.1 Å². The first-order chi connectivity index (χ1) is 4.85. The lowest BCUT2D eigenvalue weighted by Gasteiger charge is -2.31. The first-order valence-corrected chi connectivity index (χ1v) is 4.85. The molecule has 2 bridgehead atoms. The Morgan fingerprint density at radius 1 is 1.30 bits per heavy atom. The minimum absolute atomic E-state index is 0.836. The third-order valence-electron chi connectivity index (χ3n) is 3.87. The molecule has 0 saturated heterocycles. The maximum Gasteiger partial charge on any atom is -0.0297 e. The second-order valence-corrected chi connectivity index (χ2v) is 4.35. The molecule has 0 amide bonds. The summed E-state index contributed by atoms with van der Waals surface area (Å²) in [5, 5.41) is 0. The zero-order chi connectivity index (χ0) is 7.03. The summed E-state index contributed by atoms with van der Waals surface area (Å²) in [5.41, 5.74) is 0.836. The van der Waals surface area contributed by atoms with Crippen LogP contribution in [-0.4, -0.2) is 0 Å². The molecule has 2 aliphatic rings. The van der Waals surface area contributed by atoms with Crippen LogP contribution >= 0.6 is 0 Å². The Kier molecular flexibility index (Phi) is 1.51. The summed E-state index contributed by atoms with van der Waals surface area (Å²) < 4.78 is 0. The zero-order valence-corrected chi connectivity index (χ0v) is 7.03. The summed E-state index contributed by atoms with van der Waals surface area (Å²) in [6.07, 6.45) is 10.7. The van der Waals surface area contributed by atoms with E-state index in [2.05, 4.69) is 6.92 Å².